The van der Waals surface area contributed by atoms with Crippen LogP contribution in [0.15, 0.2) is 57.9 Å². The maximum Gasteiger partial charge on any atom is 0.197 e. The van der Waals surface area contributed by atoms with Gasteiger partial charge in [-0.15, -0.1) is 12.4 Å². The zero-order chi connectivity index (χ0) is 20.7. The number of aliphatic hydroxyl groups excluding tert-OH is 1. The molecule has 4 aromatic rings. The van der Waals surface area contributed by atoms with E-state index in [0.29, 0.717) is 27.4 Å². The third-order valence-corrected chi connectivity index (χ3v) is 5.08. The van der Waals surface area contributed by atoms with E-state index in [4.69, 9.17) is 16.0 Å². The molecule has 0 aliphatic heterocycles. The number of aliphatic hydroxyl groups is 1. The zero-order valence-corrected chi connectivity index (χ0v) is 17.3. The van der Waals surface area contributed by atoms with Gasteiger partial charge in [-0.3, -0.25) is 9.78 Å². The molecule has 2 heterocycles. The van der Waals surface area contributed by atoms with Crippen molar-refractivity contribution < 1.29 is 19.7 Å². The van der Waals surface area contributed by atoms with Crippen LogP contribution in [0.2, 0.25) is 5.02 Å². The normalized spacial score (nSPS) is 10.8. The smallest absolute Gasteiger partial charge is 0.197 e. The number of pyridine rings is 1. The molecular formula is C22H17Cl2NO5. The van der Waals surface area contributed by atoms with Crippen LogP contribution in [0.25, 0.3) is 33.4 Å². The third-order valence-electron chi connectivity index (χ3n) is 4.75. The van der Waals surface area contributed by atoms with E-state index in [2.05, 4.69) is 4.98 Å². The third kappa shape index (κ3) is 3.50. The first-order valence-electron chi connectivity index (χ1n) is 8.75. The summed E-state index contributed by atoms with van der Waals surface area (Å²) in [5, 5.41) is 31.0. The van der Waals surface area contributed by atoms with Gasteiger partial charge in [0.1, 0.15) is 22.6 Å². The maximum absolute atomic E-state index is 12.8. The Labute approximate surface area is 182 Å². The largest absolute Gasteiger partial charge is 0.507 e. The van der Waals surface area contributed by atoms with E-state index in [1.54, 1.807) is 37.3 Å². The number of aromatic hydroxyl groups is 2. The van der Waals surface area contributed by atoms with Crippen LogP contribution in [0.1, 0.15) is 11.3 Å². The van der Waals surface area contributed by atoms with Crippen LogP contribution in [0.4, 0.5) is 0 Å². The minimum atomic E-state index is -0.494. The summed E-state index contributed by atoms with van der Waals surface area (Å²) >= 11 is 6.25. The van der Waals surface area contributed by atoms with Crippen molar-refractivity contribution in [2.75, 3.05) is 0 Å². The molecule has 8 heteroatoms. The van der Waals surface area contributed by atoms with Crippen LogP contribution < -0.4 is 5.43 Å². The highest BCUT2D eigenvalue weighted by Gasteiger charge is 2.23. The first-order chi connectivity index (χ1) is 13.9. The van der Waals surface area contributed by atoms with E-state index in [9.17, 15) is 20.1 Å². The van der Waals surface area contributed by atoms with Crippen LogP contribution in [0.3, 0.4) is 0 Å². The number of nitrogens with zero attached hydrogens (tertiary/aromatic N) is 1. The summed E-state index contributed by atoms with van der Waals surface area (Å²) in [7, 11) is 0. The second-order valence-electron chi connectivity index (χ2n) is 6.54. The average Bonchev–Trinajstić information content (AvgIpc) is 2.68. The first kappa shape index (κ1) is 21.6. The van der Waals surface area contributed by atoms with Gasteiger partial charge in [0, 0.05) is 35.2 Å². The van der Waals surface area contributed by atoms with Crippen LogP contribution >= 0.6 is 24.0 Å². The molecule has 0 fully saturated rings. The van der Waals surface area contributed by atoms with Crippen LogP contribution in [0.5, 0.6) is 11.5 Å². The Morgan fingerprint density at radius 1 is 1.07 bits per heavy atom. The minimum Gasteiger partial charge on any atom is -0.507 e. The van der Waals surface area contributed by atoms with Gasteiger partial charge in [0.05, 0.1) is 17.2 Å². The molecule has 0 aliphatic rings. The summed E-state index contributed by atoms with van der Waals surface area (Å²) in [6, 6.07) is 10.8. The summed E-state index contributed by atoms with van der Waals surface area (Å²) in [5.41, 5.74) is 1.58. The first-order valence-corrected chi connectivity index (χ1v) is 9.13. The highest BCUT2D eigenvalue weighted by atomic mass is 35.5. The molecule has 6 nitrogen and oxygen atoms in total. The van der Waals surface area contributed by atoms with Crippen molar-refractivity contribution >= 4 is 35.0 Å². The fourth-order valence-electron chi connectivity index (χ4n) is 3.43. The Kier molecular flexibility index (Phi) is 6.03. The van der Waals surface area contributed by atoms with E-state index in [1.807, 2.05) is 0 Å². The van der Waals surface area contributed by atoms with Crippen LogP contribution in [-0.4, -0.2) is 20.3 Å². The van der Waals surface area contributed by atoms with Gasteiger partial charge < -0.3 is 19.7 Å². The van der Waals surface area contributed by atoms with Crippen molar-refractivity contribution in [2.24, 2.45) is 0 Å². The number of aromatic nitrogens is 1. The van der Waals surface area contributed by atoms with E-state index >= 15 is 0 Å². The quantitative estimate of drug-likeness (QED) is 0.417. The van der Waals surface area contributed by atoms with Crippen LogP contribution in [0, 0.1) is 6.92 Å². The van der Waals surface area contributed by atoms with E-state index < -0.39 is 11.2 Å². The molecule has 0 amide bonds. The molecule has 2 aromatic carbocycles. The molecule has 3 N–H and O–H groups in total. The fraction of sp³-hybridized carbons (Fsp3) is 0.0909. The number of phenols is 2. The predicted molar refractivity (Wildman–Crippen MR) is 117 cm³/mol. The molecule has 0 atom stereocenters. The lowest BCUT2D eigenvalue weighted by Gasteiger charge is -2.15. The molecule has 0 bridgehead atoms. The van der Waals surface area contributed by atoms with Gasteiger partial charge >= 0.3 is 0 Å². The lowest BCUT2D eigenvalue weighted by Crippen LogP contribution is -2.04. The molecule has 2 aromatic heterocycles. The number of halogens is 2. The monoisotopic (exact) mass is 445 g/mol. The minimum absolute atomic E-state index is 0. The summed E-state index contributed by atoms with van der Waals surface area (Å²) in [5.74, 6) is -0.528. The summed E-state index contributed by atoms with van der Waals surface area (Å²) in [4.78, 5) is 17.1. The molecule has 30 heavy (non-hydrogen) atoms. The summed E-state index contributed by atoms with van der Waals surface area (Å²) in [6.07, 6.45) is 1.54. The number of aryl methyl sites for hydroxylation is 1. The number of fused-ring (bicyclic) bond motifs is 1. The maximum atomic E-state index is 12.8. The Morgan fingerprint density at radius 2 is 1.80 bits per heavy atom. The molecular weight excluding hydrogens is 429 g/mol. The summed E-state index contributed by atoms with van der Waals surface area (Å²) < 4.78 is 6.00. The standard InChI is InChI=1S/C22H16ClNO5.ClH/c1-11-19(12(10-25)6-7-24-11)21-16(27)8-15(26)20-17(28)9-18(29-22(20)21)13-4-2-3-5-14(13)23;/h2-9,25-27H,10H2,1H3;1H. The van der Waals surface area contributed by atoms with Crippen molar-refractivity contribution in [1.29, 1.82) is 0 Å². The van der Waals surface area contributed by atoms with Gasteiger partial charge in [-0.05, 0) is 30.7 Å². The number of phenolic OH excluding ortho intramolecular Hbond substituents is 2. The SMILES string of the molecule is Cc1nccc(CO)c1-c1c(O)cc(O)c2c(=O)cc(-c3ccccc3Cl)oc12.Cl. The zero-order valence-electron chi connectivity index (χ0n) is 15.7. The van der Waals surface area contributed by atoms with Gasteiger partial charge in [0.25, 0.3) is 0 Å². The Hall–Kier alpha value is -3.06. The van der Waals surface area contributed by atoms with E-state index in [0.717, 1.165) is 6.07 Å². The van der Waals surface area contributed by atoms with Gasteiger partial charge in [-0.1, -0.05) is 23.7 Å². The van der Waals surface area contributed by atoms with Crippen molar-refractivity contribution in [3.63, 3.8) is 0 Å². The van der Waals surface area contributed by atoms with Crippen molar-refractivity contribution in [2.45, 2.75) is 13.5 Å². The van der Waals surface area contributed by atoms with E-state index in [-0.39, 0.29) is 47.1 Å². The number of rotatable bonds is 3. The van der Waals surface area contributed by atoms with Crippen LogP contribution in [-0.2, 0) is 6.61 Å². The molecule has 0 unspecified atom stereocenters. The highest BCUT2D eigenvalue weighted by molar-refractivity contribution is 6.33. The van der Waals surface area contributed by atoms with Crippen molar-refractivity contribution in [1.82, 2.24) is 4.98 Å². The molecule has 0 aliphatic carbocycles. The molecule has 0 saturated heterocycles. The Balaban J connectivity index is 0.00000256. The topological polar surface area (TPSA) is 104 Å². The van der Waals surface area contributed by atoms with Crippen molar-refractivity contribution in [3.05, 3.63) is 75.2 Å². The lowest BCUT2D eigenvalue weighted by atomic mass is 9.95. The second-order valence-corrected chi connectivity index (χ2v) is 6.94. The van der Waals surface area contributed by atoms with Gasteiger partial charge in [0.2, 0.25) is 0 Å². The van der Waals surface area contributed by atoms with Crippen molar-refractivity contribution in [3.8, 4) is 33.9 Å². The van der Waals surface area contributed by atoms with Gasteiger partial charge in [0.15, 0.2) is 11.0 Å². The van der Waals surface area contributed by atoms with E-state index in [1.165, 1.54) is 12.3 Å². The molecule has 0 saturated carbocycles. The number of benzene rings is 2. The van der Waals surface area contributed by atoms with Gasteiger partial charge in [-0.2, -0.15) is 0 Å². The number of hydrogen-bond acceptors (Lipinski definition) is 6. The van der Waals surface area contributed by atoms with Gasteiger partial charge in [-0.25, -0.2) is 0 Å². The molecule has 0 radical (unpaired) electrons. The molecule has 154 valence electrons. The average molecular weight is 446 g/mol. The lowest BCUT2D eigenvalue weighted by molar-refractivity contribution is 0.282. The molecule has 4 rings (SSSR count). The molecule has 0 spiro atoms. The summed E-state index contributed by atoms with van der Waals surface area (Å²) in [6.45, 7) is 1.40. The second kappa shape index (κ2) is 8.36. The fourth-order valence-corrected chi connectivity index (χ4v) is 3.66. The Morgan fingerprint density at radius 3 is 2.50 bits per heavy atom. The Bertz CT molecular complexity index is 1320. The number of hydrogen-bond donors (Lipinski definition) is 3. The highest BCUT2D eigenvalue weighted by Crippen LogP contribution is 2.43. The predicted octanol–water partition coefficient (Wildman–Crippen LogP) is 4.81.